The van der Waals surface area contributed by atoms with E-state index >= 15 is 0 Å². The van der Waals surface area contributed by atoms with E-state index in [-0.39, 0.29) is 17.0 Å². The summed E-state index contributed by atoms with van der Waals surface area (Å²) in [6.07, 6.45) is 4.22. The zero-order valence-electron chi connectivity index (χ0n) is 14.8. The highest BCUT2D eigenvalue weighted by atomic mass is 16.2. The number of rotatable bonds is 5. The molecule has 1 unspecified atom stereocenters. The normalized spacial score (nSPS) is 18.9. The average molecular weight is 319 g/mol. The summed E-state index contributed by atoms with van der Waals surface area (Å²) in [7, 11) is 3.88. The van der Waals surface area contributed by atoms with Gasteiger partial charge in [-0.1, -0.05) is 6.92 Å². The van der Waals surface area contributed by atoms with Crippen molar-refractivity contribution in [3.05, 3.63) is 33.2 Å². The Morgan fingerprint density at radius 1 is 1.39 bits per heavy atom. The molecular formula is C18H29N3O2. The second-order valence-corrected chi connectivity index (χ2v) is 6.72. The van der Waals surface area contributed by atoms with Crippen LogP contribution in [0.4, 0.5) is 0 Å². The first-order valence-corrected chi connectivity index (χ1v) is 8.60. The third-order valence-electron chi connectivity index (χ3n) is 4.90. The van der Waals surface area contributed by atoms with Gasteiger partial charge in [-0.15, -0.1) is 0 Å². The van der Waals surface area contributed by atoms with Gasteiger partial charge in [0.2, 0.25) is 0 Å². The highest BCUT2D eigenvalue weighted by molar-refractivity contribution is 5.94. The molecular weight excluding hydrogens is 290 g/mol. The monoisotopic (exact) mass is 319 g/mol. The predicted molar refractivity (Wildman–Crippen MR) is 93.0 cm³/mol. The molecule has 0 radical (unpaired) electrons. The third-order valence-corrected chi connectivity index (χ3v) is 4.90. The third kappa shape index (κ3) is 4.22. The molecule has 1 aromatic rings. The number of carbonyl (C=O) groups is 1. The molecule has 5 heteroatoms. The molecule has 128 valence electrons. The van der Waals surface area contributed by atoms with E-state index < -0.39 is 0 Å². The number of likely N-dealkylation sites (tertiary alicyclic amines) is 1. The zero-order chi connectivity index (χ0) is 17.0. The second kappa shape index (κ2) is 7.77. The first kappa shape index (κ1) is 17.7. The fourth-order valence-electron chi connectivity index (χ4n) is 3.60. The first-order valence-electron chi connectivity index (χ1n) is 8.60. The summed E-state index contributed by atoms with van der Waals surface area (Å²) in [5.41, 5.74) is 2.02. The largest absolute Gasteiger partial charge is 0.352 e. The van der Waals surface area contributed by atoms with Gasteiger partial charge in [0.15, 0.2) is 0 Å². The van der Waals surface area contributed by atoms with Crippen LogP contribution >= 0.6 is 0 Å². The summed E-state index contributed by atoms with van der Waals surface area (Å²) in [6, 6.07) is 1.73. The van der Waals surface area contributed by atoms with Crippen molar-refractivity contribution in [2.24, 2.45) is 13.0 Å². The molecule has 1 aromatic heterocycles. The Hall–Kier alpha value is -1.62. The first-order chi connectivity index (χ1) is 10.9. The van der Waals surface area contributed by atoms with Crippen LogP contribution in [0.5, 0.6) is 0 Å². The van der Waals surface area contributed by atoms with Crippen molar-refractivity contribution in [1.82, 2.24) is 14.8 Å². The van der Waals surface area contributed by atoms with Gasteiger partial charge < -0.3 is 14.8 Å². The second-order valence-electron chi connectivity index (χ2n) is 6.72. The van der Waals surface area contributed by atoms with Crippen LogP contribution in [0.3, 0.4) is 0 Å². The Morgan fingerprint density at radius 3 is 2.78 bits per heavy atom. The van der Waals surface area contributed by atoms with E-state index in [0.717, 1.165) is 30.6 Å². The molecule has 1 saturated heterocycles. The Balaban J connectivity index is 1.97. The van der Waals surface area contributed by atoms with Crippen LogP contribution in [0.2, 0.25) is 0 Å². The van der Waals surface area contributed by atoms with Crippen LogP contribution in [-0.4, -0.2) is 42.1 Å². The number of nitrogens with zero attached hydrogens (tertiary/aromatic N) is 2. The van der Waals surface area contributed by atoms with E-state index in [1.165, 1.54) is 19.4 Å². The van der Waals surface area contributed by atoms with Crippen molar-refractivity contribution in [3.63, 3.8) is 0 Å². The van der Waals surface area contributed by atoms with Gasteiger partial charge in [0.1, 0.15) is 5.56 Å². The molecule has 1 aliphatic heterocycles. The summed E-state index contributed by atoms with van der Waals surface area (Å²) in [6.45, 7) is 6.87. The Labute approximate surface area is 138 Å². The van der Waals surface area contributed by atoms with E-state index in [9.17, 15) is 9.59 Å². The number of aromatic nitrogens is 1. The Morgan fingerprint density at radius 2 is 2.13 bits per heavy atom. The van der Waals surface area contributed by atoms with Gasteiger partial charge in [0, 0.05) is 25.8 Å². The number of carbonyl (C=O) groups excluding carboxylic acids is 1. The number of amides is 1. The minimum Gasteiger partial charge on any atom is -0.352 e. The van der Waals surface area contributed by atoms with Crippen LogP contribution in [-0.2, 0) is 13.5 Å². The summed E-state index contributed by atoms with van der Waals surface area (Å²) >= 11 is 0. The van der Waals surface area contributed by atoms with Crippen molar-refractivity contribution < 1.29 is 4.79 Å². The number of hydrogen-bond donors (Lipinski definition) is 1. The number of nitrogens with one attached hydrogen (secondary N) is 1. The molecule has 0 spiro atoms. The van der Waals surface area contributed by atoms with Gasteiger partial charge in [-0.25, -0.2) is 0 Å². The van der Waals surface area contributed by atoms with E-state index in [2.05, 4.69) is 17.3 Å². The number of pyridine rings is 1. The van der Waals surface area contributed by atoms with Gasteiger partial charge >= 0.3 is 0 Å². The molecule has 1 N–H and O–H groups in total. The lowest BCUT2D eigenvalue weighted by atomic mass is 9.95. The number of piperidine rings is 1. The standard InChI is InChI=1S/C18H29N3O2/c1-5-16-13(2)11-15(18(23)21(16)4)17(22)19-9-8-14-7-6-10-20(3)12-14/h11,14H,5-10,12H2,1-4H3,(H,19,22). The molecule has 1 amide bonds. The molecule has 2 heterocycles. The zero-order valence-corrected chi connectivity index (χ0v) is 14.8. The molecule has 2 rings (SSSR count). The van der Waals surface area contributed by atoms with Gasteiger partial charge in [-0.05, 0) is 63.7 Å². The van der Waals surface area contributed by atoms with Gasteiger partial charge in [-0.2, -0.15) is 0 Å². The summed E-state index contributed by atoms with van der Waals surface area (Å²) < 4.78 is 1.60. The molecule has 0 bridgehead atoms. The highest BCUT2D eigenvalue weighted by Crippen LogP contribution is 2.17. The smallest absolute Gasteiger partial charge is 0.263 e. The average Bonchev–Trinajstić information content (AvgIpc) is 2.51. The highest BCUT2D eigenvalue weighted by Gasteiger charge is 2.18. The maximum Gasteiger partial charge on any atom is 0.263 e. The molecule has 1 fully saturated rings. The van der Waals surface area contributed by atoms with Crippen LogP contribution in [0, 0.1) is 12.8 Å². The van der Waals surface area contributed by atoms with E-state index in [1.807, 2.05) is 13.8 Å². The number of hydrogen-bond acceptors (Lipinski definition) is 3. The molecule has 0 aliphatic carbocycles. The van der Waals surface area contributed by atoms with Crippen LogP contribution in [0.15, 0.2) is 10.9 Å². The van der Waals surface area contributed by atoms with E-state index in [0.29, 0.717) is 12.5 Å². The Bertz CT molecular complexity index is 621. The molecule has 23 heavy (non-hydrogen) atoms. The minimum absolute atomic E-state index is 0.206. The maximum absolute atomic E-state index is 12.3. The fourth-order valence-corrected chi connectivity index (χ4v) is 3.60. The minimum atomic E-state index is -0.250. The molecule has 0 saturated carbocycles. The molecule has 1 atom stereocenters. The summed E-state index contributed by atoms with van der Waals surface area (Å²) in [4.78, 5) is 27.0. The van der Waals surface area contributed by atoms with E-state index in [1.54, 1.807) is 17.7 Å². The van der Waals surface area contributed by atoms with Gasteiger partial charge in [0.05, 0.1) is 0 Å². The van der Waals surface area contributed by atoms with Crippen molar-refractivity contribution >= 4 is 5.91 Å². The Kier molecular flexibility index (Phi) is 5.99. The summed E-state index contributed by atoms with van der Waals surface area (Å²) in [5, 5.41) is 2.92. The lowest BCUT2D eigenvalue weighted by Gasteiger charge is -2.29. The SMILES string of the molecule is CCc1c(C)cc(C(=O)NCCC2CCCN(C)C2)c(=O)n1C. The number of aryl methyl sites for hydroxylation is 1. The quantitative estimate of drug-likeness (QED) is 0.899. The lowest BCUT2D eigenvalue weighted by Crippen LogP contribution is -2.36. The van der Waals surface area contributed by atoms with E-state index in [4.69, 9.17) is 0 Å². The summed E-state index contributed by atoms with van der Waals surface area (Å²) in [5.74, 6) is 0.390. The van der Waals surface area contributed by atoms with Crippen LogP contribution in [0.1, 0.15) is 47.8 Å². The van der Waals surface area contributed by atoms with Crippen molar-refractivity contribution in [1.29, 1.82) is 0 Å². The molecule has 1 aliphatic rings. The lowest BCUT2D eigenvalue weighted by molar-refractivity contribution is 0.0946. The fraction of sp³-hybridized carbons (Fsp3) is 0.667. The predicted octanol–water partition coefficient (Wildman–Crippen LogP) is 1.72. The van der Waals surface area contributed by atoms with Crippen molar-refractivity contribution in [3.8, 4) is 0 Å². The van der Waals surface area contributed by atoms with Gasteiger partial charge in [0.25, 0.3) is 11.5 Å². The van der Waals surface area contributed by atoms with Crippen molar-refractivity contribution in [2.75, 3.05) is 26.7 Å². The van der Waals surface area contributed by atoms with Crippen molar-refractivity contribution in [2.45, 2.75) is 39.5 Å². The maximum atomic E-state index is 12.3. The molecule has 0 aromatic carbocycles. The topological polar surface area (TPSA) is 54.3 Å². The van der Waals surface area contributed by atoms with Gasteiger partial charge in [-0.3, -0.25) is 9.59 Å². The van der Waals surface area contributed by atoms with Crippen LogP contribution < -0.4 is 10.9 Å². The molecule has 5 nitrogen and oxygen atoms in total. The van der Waals surface area contributed by atoms with Crippen LogP contribution in [0.25, 0.3) is 0 Å².